The Hall–Kier alpha value is -3.95. The molecule has 0 aromatic carbocycles. The lowest BCUT2D eigenvalue weighted by atomic mass is 10.0. The lowest BCUT2D eigenvalue weighted by Gasteiger charge is -2.25. The zero-order chi connectivity index (χ0) is 28.7. The van der Waals surface area contributed by atoms with E-state index in [-0.39, 0.29) is 56.9 Å². The van der Waals surface area contributed by atoms with E-state index in [1.807, 2.05) is 0 Å². The molecule has 0 aliphatic rings. The van der Waals surface area contributed by atoms with E-state index >= 15 is 0 Å². The lowest BCUT2D eigenvalue weighted by Crippen LogP contribution is -2.57. The lowest BCUT2D eigenvalue weighted by molar-refractivity contribution is -0.142. The van der Waals surface area contributed by atoms with Crippen molar-refractivity contribution in [1.29, 1.82) is 0 Å². The summed E-state index contributed by atoms with van der Waals surface area (Å²) >= 11 is 0. The third-order valence-corrected chi connectivity index (χ3v) is 5.21. The Balaban J connectivity index is 5.72. The van der Waals surface area contributed by atoms with Crippen molar-refractivity contribution in [3.05, 3.63) is 0 Å². The monoisotopic (exact) mass is 529 g/mol. The SMILES string of the molecule is CC(C)C(N)C(=O)NC(CCC(N)=O)C(=O)NC(CCCN=C(N)N)C(=O)NC(CCC(N)=O)C(=O)O. The number of carboxylic acids is 1. The van der Waals surface area contributed by atoms with Gasteiger partial charge in [0, 0.05) is 19.4 Å². The summed E-state index contributed by atoms with van der Waals surface area (Å²) in [5.41, 5.74) is 26.6. The molecule has 0 saturated heterocycles. The van der Waals surface area contributed by atoms with Gasteiger partial charge in [0.25, 0.3) is 0 Å². The Bertz CT molecular complexity index is 859. The minimum atomic E-state index is -1.45. The molecule has 0 rings (SSSR count). The molecule has 0 spiro atoms. The van der Waals surface area contributed by atoms with Gasteiger partial charge in [0.15, 0.2) is 5.96 Å². The van der Waals surface area contributed by atoms with E-state index in [1.54, 1.807) is 13.8 Å². The summed E-state index contributed by atoms with van der Waals surface area (Å²) in [5.74, 6) is -5.65. The molecule has 0 aromatic heterocycles. The quantitative estimate of drug-likeness (QED) is 0.0472. The smallest absolute Gasteiger partial charge is 0.326 e. The molecule has 0 aliphatic carbocycles. The number of hydrogen-bond donors (Lipinski definition) is 9. The van der Waals surface area contributed by atoms with Crippen LogP contribution in [0.15, 0.2) is 4.99 Å². The van der Waals surface area contributed by atoms with Gasteiger partial charge in [-0.25, -0.2) is 4.79 Å². The summed E-state index contributed by atoms with van der Waals surface area (Å²) < 4.78 is 0. The van der Waals surface area contributed by atoms with E-state index in [0.717, 1.165) is 0 Å². The van der Waals surface area contributed by atoms with Crippen LogP contribution in [0.2, 0.25) is 0 Å². The van der Waals surface area contributed by atoms with Gasteiger partial charge in [-0.3, -0.25) is 29.0 Å². The number of primary amides is 2. The van der Waals surface area contributed by atoms with E-state index in [1.165, 1.54) is 0 Å². The second-order valence-electron chi connectivity index (χ2n) is 8.75. The van der Waals surface area contributed by atoms with Gasteiger partial charge < -0.3 is 49.7 Å². The fourth-order valence-corrected chi connectivity index (χ4v) is 2.99. The van der Waals surface area contributed by atoms with Gasteiger partial charge in [-0.1, -0.05) is 13.8 Å². The number of amides is 5. The van der Waals surface area contributed by atoms with Crippen molar-refractivity contribution in [3.63, 3.8) is 0 Å². The molecule has 37 heavy (non-hydrogen) atoms. The molecule has 0 fully saturated rings. The van der Waals surface area contributed by atoms with Crippen molar-refractivity contribution in [1.82, 2.24) is 16.0 Å². The number of nitrogens with one attached hydrogen (secondary N) is 3. The number of aliphatic carboxylic acids is 1. The number of rotatable bonds is 18. The Morgan fingerprint density at radius 1 is 0.730 bits per heavy atom. The first kappa shape index (κ1) is 33.0. The van der Waals surface area contributed by atoms with E-state index in [9.17, 15) is 33.9 Å². The molecule has 16 heteroatoms. The first-order chi connectivity index (χ1) is 17.1. The van der Waals surface area contributed by atoms with Crippen molar-refractivity contribution in [2.24, 2.45) is 39.6 Å². The third kappa shape index (κ3) is 14.3. The van der Waals surface area contributed by atoms with Crippen molar-refractivity contribution in [3.8, 4) is 0 Å². The Kier molecular flexibility index (Phi) is 14.9. The second-order valence-corrected chi connectivity index (χ2v) is 8.75. The number of guanidine groups is 1. The first-order valence-electron chi connectivity index (χ1n) is 11.7. The van der Waals surface area contributed by atoms with E-state index in [0.29, 0.717) is 0 Å². The highest BCUT2D eigenvalue weighted by molar-refractivity contribution is 5.94. The first-order valence-corrected chi connectivity index (χ1v) is 11.7. The van der Waals surface area contributed by atoms with Crippen LogP contribution in [0.4, 0.5) is 0 Å². The molecule has 4 unspecified atom stereocenters. The van der Waals surface area contributed by atoms with E-state index in [4.69, 9.17) is 28.7 Å². The van der Waals surface area contributed by atoms with Crippen molar-refractivity contribution < 1.29 is 33.9 Å². The summed E-state index contributed by atoms with van der Waals surface area (Å²) in [6.07, 6.45) is -0.781. The predicted octanol–water partition coefficient (Wildman–Crippen LogP) is -3.91. The van der Waals surface area contributed by atoms with Gasteiger partial charge in [-0.05, 0) is 31.6 Å². The van der Waals surface area contributed by atoms with E-state index in [2.05, 4.69) is 20.9 Å². The normalized spacial score (nSPS) is 13.9. The molecule has 16 nitrogen and oxygen atoms in total. The number of nitrogens with zero attached hydrogens (tertiary/aromatic N) is 1. The maximum absolute atomic E-state index is 13.0. The number of aliphatic imine (C=N–C) groups is 1. The van der Waals surface area contributed by atoms with E-state index < -0.39 is 59.7 Å². The molecule has 0 aliphatic heterocycles. The van der Waals surface area contributed by atoms with Crippen LogP contribution in [0.3, 0.4) is 0 Å². The standard InChI is InChI=1S/C21H39N9O7/c1-10(2)16(24)19(35)29-12(5-7-14(22)31)18(34)28-11(4-3-9-27-21(25)26)17(33)30-13(20(36)37)6-8-15(23)32/h10-13,16H,3-9,24H2,1-2H3,(H2,22,31)(H2,23,32)(H,28,34)(H,29,35)(H,30,33)(H,36,37)(H4,25,26,27). The van der Waals surface area contributed by atoms with Gasteiger partial charge in [-0.15, -0.1) is 0 Å². The van der Waals surface area contributed by atoms with Crippen LogP contribution in [0.5, 0.6) is 0 Å². The minimum absolute atomic E-state index is 0.0154. The number of nitrogens with two attached hydrogens (primary N) is 5. The number of carboxylic acid groups (broad SMARTS) is 1. The maximum Gasteiger partial charge on any atom is 0.326 e. The second kappa shape index (κ2) is 16.7. The molecule has 14 N–H and O–H groups in total. The fraction of sp³-hybridized carbons (Fsp3) is 0.667. The van der Waals surface area contributed by atoms with Gasteiger partial charge in [0.1, 0.15) is 18.1 Å². The van der Waals surface area contributed by atoms with Crippen LogP contribution >= 0.6 is 0 Å². The molecule has 5 amide bonds. The number of carbonyl (C=O) groups excluding carboxylic acids is 5. The van der Waals surface area contributed by atoms with Crippen LogP contribution < -0.4 is 44.6 Å². The van der Waals surface area contributed by atoms with Crippen molar-refractivity contribution >= 4 is 41.5 Å². The molecule has 0 radical (unpaired) electrons. The summed E-state index contributed by atoms with van der Waals surface area (Å²) in [6.45, 7) is 3.52. The van der Waals surface area contributed by atoms with Gasteiger partial charge >= 0.3 is 5.97 Å². The Morgan fingerprint density at radius 3 is 1.59 bits per heavy atom. The third-order valence-electron chi connectivity index (χ3n) is 5.21. The number of carbonyl (C=O) groups is 6. The van der Waals surface area contributed by atoms with Crippen LogP contribution in [0.25, 0.3) is 0 Å². The number of hydrogen-bond acceptors (Lipinski definition) is 8. The molecule has 4 atom stereocenters. The summed E-state index contributed by atoms with van der Waals surface area (Å²) in [4.78, 5) is 76.0. The molecular formula is C21H39N9O7. The van der Waals surface area contributed by atoms with Crippen LogP contribution in [0, 0.1) is 5.92 Å². The molecule has 0 saturated carbocycles. The zero-order valence-corrected chi connectivity index (χ0v) is 21.1. The molecule has 210 valence electrons. The fourth-order valence-electron chi connectivity index (χ4n) is 2.99. The summed E-state index contributed by atoms with van der Waals surface area (Å²) in [6, 6.07) is -4.93. The van der Waals surface area contributed by atoms with Crippen LogP contribution in [-0.4, -0.2) is 77.3 Å². The topological polar surface area (TPSA) is 301 Å². The van der Waals surface area contributed by atoms with Gasteiger partial charge in [-0.2, -0.15) is 0 Å². The summed E-state index contributed by atoms with van der Waals surface area (Å²) in [5, 5.41) is 16.6. The van der Waals surface area contributed by atoms with Gasteiger partial charge in [0.05, 0.1) is 6.04 Å². The highest BCUT2D eigenvalue weighted by Gasteiger charge is 2.30. The largest absolute Gasteiger partial charge is 0.480 e. The predicted molar refractivity (Wildman–Crippen MR) is 133 cm³/mol. The molecule has 0 heterocycles. The highest BCUT2D eigenvalue weighted by Crippen LogP contribution is 2.07. The Morgan fingerprint density at radius 2 is 1.16 bits per heavy atom. The highest BCUT2D eigenvalue weighted by atomic mass is 16.4. The Labute approximate surface area is 214 Å². The van der Waals surface area contributed by atoms with Gasteiger partial charge in [0.2, 0.25) is 29.5 Å². The molecule has 0 aromatic rings. The van der Waals surface area contributed by atoms with Crippen molar-refractivity contribution in [2.75, 3.05) is 6.54 Å². The van der Waals surface area contributed by atoms with Crippen LogP contribution in [-0.2, 0) is 28.8 Å². The molecule has 0 bridgehead atoms. The van der Waals surface area contributed by atoms with Crippen LogP contribution in [0.1, 0.15) is 52.4 Å². The zero-order valence-electron chi connectivity index (χ0n) is 21.1. The average molecular weight is 530 g/mol. The minimum Gasteiger partial charge on any atom is -0.480 e. The maximum atomic E-state index is 13.0. The van der Waals surface area contributed by atoms with Crippen molar-refractivity contribution in [2.45, 2.75) is 76.5 Å². The average Bonchev–Trinajstić information content (AvgIpc) is 2.79. The molecular weight excluding hydrogens is 490 g/mol. The summed E-state index contributed by atoms with van der Waals surface area (Å²) in [7, 11) is 0.